The van der Waals surface area contributed by atoms with Crippen LogP contribution in [0.2, 0.25) is 0 Å². The number of ether oxygens (including phenoxy) is 1. The molecule has 0 unspecified atom stereocenters. The molecule has 0 saturated heterocycles. The van der Waals surface area contributed by atoms with Gasteiger partial charge in [-0.3, -0.25) is 4.79 Å². The minimum atomic E-state index is -0.0988. The van der Waals surface area contributed by atoms with Crippen molar-refractivity contribution < 1.29 is 9.53 Å². The molecule has 0 spiro atoms. The van der Waals surface area contributed by atoms with Crippen LogP contribution in [0.1, 0.15) is 34.3 Å². The van der Waals surface area contributed by atoms with Crippen LogP contribution in [0.5, 0.6) is 5.75 Å². The summed E-state index contributed by atoms with van der Waals surface area (Å²) in [4.78, 5) is 12.3. The van der Waals surface area contributed by atoms with Crippen LogP contribution < -0.4 is 10.1 Å². The molecule has 110 valence electrons. The highest BCUT2D eigenvalue weighted by Gasteiger charge is 2.13. The van der Waals surface area contributed by atoms with Gasteiger partial charge in [-0.1, -0.05) is 48.9 Å². The Morgan fingerprint density at radius 1 is 1.19 bits per heavy atom. The monoisotopic (exact) mass is 283 g/mol. The van der Waals surface area contributed by atoms with Gasteiger partial charge in [-0.2, -0.15) is 0 Å². The van der Waals surface area contributed by atoms with Gasteiger partial charge in [-0.15, -0.1) is 0 Å². The maximum Gasteiger partial charge on any atom is 0.255 e. The summed E-state index contributed by atoms with van der Waals surface area (Å²) in [6.07, 6.45) is 0. The third-order valence-electron chi connectivity index (χ3n) is 3.54. The van der Waals surface area contributed by atoms with E-state index in [0.29, 0.717) is 17.9 Å². The second-order valence-corrected chi connectivity index (χ2v) is 5.23. The molecule has 0 aliphatic heterocycles. The molecule has 0 aliphatic rings. The van der Waals surface area contributed by atoms with Gasteiger partial charge in [0.1, 0.15) is 5.75 Å². The van der Waals surface area contributed by atoms with Crippen molar-refractivity contribution in [1.29, 1.82) is 0 Å². The standard InChI is InChI=1S/C18H21NO2/c1-13-9-10-17(21-3)16(11-13)18(20)19-12-14(2)15-7-5-4-6-8-15/h4-11,14H,12H2,1-3H3,(H,19,20)/t14-/m1/s1. The van der Waals surface area contributed by atoms with Crippen LogP contribution in [0, 0.1) is 6.92 Å². The van der Waals surface area contributed by atoms with Crippen molar-refractivity contribution in [1.82, 2.24) is 5.32 Å². The average Bonchev–Trinajstić information content (AvgIpc) is 2.53. The fraction of sp³-hybridized carbons (Fsp3) is 0.278. The van der Waals surface area contributed by atoms with Gasteiger partial charge < -0.3 is 10.1 Å². The molecule has 0 fully saturated rings. The molecular formula is C18H21NO2. The highest BCUT2D eigenvalue weighted by atomic mass is 16.5. The summed E-state index contributed by atoms with van der Waals surface area (Å²) >= 11 is 0. The molecule has 0 aliphatic carbocycles. The second kappa shape index (κ2) is 6.93. The topological polar surface area (TPSA) is 38.3 Å². The zero-order chi connectivity index (χ0) is 15.2. The lowest BCUT2D eigenvalue weighted by Crippen LogP contribution is -2.28. The molecule has 0 bridgehead atoms. The first kappa shape index (κ1) is 15.1. The van der Waals surface area contributed by atoms with E-state index in [1.54, 1.807) is 7.11 Å². The second-order valence-electron chi connectivity index (χ2n) is 5.23. The van der Waals surface area contributed by atoms with Crippen LogP contribution in [0.3, 0.4) is 0 Å². The molecule has 1 atom stereocenters. The zero-order valence-electron chi connectivity index (χ0n) is 12.7. The smallest absolute Gasteiger partial charge is 0.255 e. The van der Waals surface area contributed by atoms with Gasteiger partial charge in [0.2, 0.25) is 0 Å². The van der Waals surface area contributed by atoms with Crippen LogP contribution in [0.25, 0.3) is 0 Å². The molecule has 3 nitrogen and oxygen atoms in total. The van der Waals surface area contributed by atoms with Gasteiger partial charge in [-0.05, 0) is 30.5 Å². The Hall–Kier alpha value is -2.29. The first-order chi connectivity index (χ1) is 10.1. The number of methoxy groups -OCH3 is 1. The Morgan fingerprint density at radius 3 is 2.57 bits per heavy atom. The van der Waals surface area contributed by atoms with Gasteiger partial charge in [0.05, 0.1) is 12.7 Å². The number of carbonyl (C=O) groups is 1. The Balaban J connectivity index is 2.04. The summed E-state index contributed by atoms with van der Waals surface area (Å²) in [5, 5.41) is 2.98. The number of carbonyl (C=O) groups excluding carboxylic acids is 1. The van der Waals surface area contributed by atoms with E-state index in [1.807, 2.05) is 43.3 Å². The molecule has 1 amide bonds. The van der Waals surface area contributed by atoms with E-state index in [2.05, 4.69) is 24.4 Å². The molecule has 0 aromatic heterocycles. The van der Waals surface area contributed by atoms with E-state index >= 15 is 0 Å². The summed E-state index contributed by atoms with van der Waals surface area (Å²) < 4.78 is 5.25. The SMILES string of the molecule is COc1ccc(C)cc1C(=O)NC[C@@H](C)c1ccccc1. The van der Waals surface area contributed by atoms with E-state index in [4.69, 9.17) is 4.74 Å². The largest absolute Gasteiger partial charge is 0.496 e. The normalized spacial score (nSPS) is 11.8. The summed E-state index contributed by atoms with van der Waals surface area (Å²) in [5.41, 5.74) is 2.84. The van der Waals surface area contributed by atoms with Gasteiger partial charge >= 0.3 is 0 Å². The number of benzene rings is 2. The first-order valence-electron chi connectivity index (χ1n) is 7.09. The van der Waals surface area contributed by atoms with Crippen molar-refractivity contribution in [3.05, 3.63) is 65.2 Å². The molecule has 21 heavy (non-hydrogen) atoms. The molecule has 2 aromatic rings. The Labute approximate surface area is 126 Å². The summed E-state index contributed by atoms with van der Waals surface area (Å²) in [5.74, 6) is 0.773. The molecule has 2 rings (SSSR count). The number of hydrogen-bond acceptors (Lipinski definition) is 2. The Bertz CT molecular complexity index is 608. The molecule has 0 saturated carbocycles. The zero-order valence-corrected chi connectivity index (χ0v) is 12.7. The molecule has 0 heterocycles. The van der Waals surface area contributed by atoms with Gasteiger partial charge in [0.15, 0.2) is 0 Å². The van der Waals surface area contributed by atoms with Crippen molar-refractivity contribution >= 4 is 5.91 Å². The number of hydrogen-bond donors (Lipinski definition) is 1. The van der Waals surface area contributed by atoms with E-state index in [-0.39, 0.29) is 11.8 Å². The molecule has 3 heteroatoms. The molecule has 1 N–H and O–H groups in total. The molecular weight excluding hydrogens is 262 g/mol. The minimum absolute atomic E-state index is 0.0988. The number of rotatable bonds is 5. The van der Waals surface area contributed by atoms with Crippen LogP contribution in [0.15, 0.2) is 48.5 Å². The van der Waals surface area contributed by atoms with Crippen LogP contribution in [-0.2, 0) is 0 Å². The van der Waals surface area contributed by atoms with Gasteiger partial charge in [0.25, 0.3) is 5.91 Å². The first-order valence-corrected chi connectivity index (χ1v) is 7.09. The highest BCUT2D eigenvalue weighted by molar-refractivity contribution is 5.97. The average molecular weight is 283 g/mol. The maximum atomic E-state index is 12.3. The minimum Gasteiger partial charge on any atom is -0.496 e. The van der Waals surface area contributed by atoms with Crippen molar-refractivity contribution in [3.63, 3.8) is 0 Å². The Kier molecular flexibility index (Phi) is 4.99. The van der Waals surface area contributed by atoms with Gasteiger partial charge in [0, 0.05) is 6.54 Å². The predicted octanol–water partition coefficient (Wildman–Crippen LogP) is 3.54. The number of amides is 1. The maximum absolute atomic E-state index is 12.3. The molecule has 2 aromatic carbocycles. The Morgan fingerprint density at radius 2 is 1.90 bits per heavy atom. The quantitative estimate of drug-likeness (QED) is 0.911. The summed E-state index contributed by atoms with van der Waals surface area (Å²) in [6.45, 7) is 4.66. The fourth-order valence-electron chi connectivity index (χ4n) is 2.24. The third kappa shape index (κ3) is 3.85. The summed E-state index contributed by atoms with van der Waals surface area (Å²) in [6, 6.07) is 15.8. The van der Waals surface area contributed by atoms with Crippen LogP contribution in [-0.4, -0.2) is 19.6 Å². The van der Waals surface area contributed by atoms with E-state index in [1.165, 1.54) is 5.56 Å². The van der Waals surface area contributed by atoms with Crippen molar-refractivity contribution in [2.75, 3.05) is 13.7 Å². The van der Waals surface area contributed by atoms with Gasteiger partial charge in [-0.25, -0.2) is 0 Å². The number of nitrogens with one attached hydrogen (secondary N) is 1. The number of aryl methyl sites for hydroxylation is 1. The van der Waals surface area contributed by atoms with Crippen LogP contribution in [0.4, 0.5) is 0 Å². The van der Waals surface area contributed by atoms with E-state index < -0.39 is 0 Å². The van der Waals surface area contributed by atoms with E-state index in [0.717, 1.165) is 5.56 Å². The third-order valence-corrected chi connectivity index (χ3v) is 3.54. The fourth-order valence-corrected chi connectivity index (χ4v) is 2.24. The lowest BCUT2D eigenvalue weighted by Gasteiger charge is -2.14. The van der Waals surface area contributed by atoms with E-state index in [9.17, 15) is 4.79 Å². The molecule has 0 radical (unpaired) electrons. The lowest BCUT2D eigenvalue weighted by molar-refractivity contribution is 0.0948. The highest BCUT2D eigenvalue weighted by Crippen LogP contribution is 2.20. The lowest BCUT2D eigenvalue weighted by atomic mass is 10.0. The van der Waals surface area contributed by atoms with Crippen LogP contribution >= 0.6 is 0 Å². The predicted molar refractivity (Wildman–Crippen MR) is 84.9 cm³/mol. The van der Waals surface area contributed by atoms with Crippen molar-refractivity contribution in [2.24, 2.45) is 0 Å². The van der Waals surface area contributed by atoms with Crippen molar-refractivity contribution in [3.8, 4) is 5.75 Å². The van der Waals surface area contributed by atoms with Crippen molar-refractivity contribution in [2.45, 2.75) is 19.8 Å². The summed E-state index contributed by atoms with van der Waals surface area (Å²) in [7, 11) is 1.58.